The summed E-state index contributed by atoms with van der Waals surface area (Å²) in [6.07, 6.45) is 0. The topological polar surface area (TPSA) is 597 Å². The van der Waals surface area contributed by atoms with Crippen LogP contribution < -0.4 is 37.5 Å². The number of hydrogen-bond acceptors (Lipinski definition) is 23. The molecule has 0 aliphatic heterocycles. The molecule has 0 saturated carbocycles. The lowest BCUT2D eigenvalue weighted by atomic mass is 10.1. The first-order valence-corrected chi connectivity index (χ1v) is 33.3. The number of benzene rings is 10. The van der Waals surface area contributed by atoms with Gasteiger partial charge in [0.25, 0.3) is 46.4 Å². The number of halogens is 1. The monoisotopic (exact) mass is 1590 g/mol. The summed E-state index contributed by atoms with van der Waals surface area (Å²) in [7, 11) is 1.54. The van der Waals surface area contributed by atoms with Gasteiger partial charge in [-0.2, -0.15) is 30.6 Å². The fourth-order valence-electron chi connectivity index (χ4n) is 10.4. The number of aromatic amines is 6. The average molecular weight is 1590 g/mol. The van der Waals surface area contributed by atoms with Crippen molar-refractivity contribution >= 4 is 175 Å². The van der Waals surface area contributed by atoms with Gasteiger partial charge in [0.1, 0.15) is 5.75 Å². The molecule has 16 aromatic rings. The predicted octanol–water partition coefficient (Wildman–Crippen LogP) is 13.4. The molecule has 4 amide bonds. The first-order valence-electron chi connectivity index (χ1n) is 32.5. The number of nitrogens with zero attached hydrogens (tertiary/aromatic N) is 10. The molecule has 0 aliphatic rings. The Bertz CT molecular complexity index is 6090. The molecule has 0 fully saturated rings. The molecule has 16 N–H and O–H groups in total. The van der Waals surface area contributed by atoms with Gasteiger partial charge in [0, 0.05) is 86.0 Å². The number of nitrogen functional groups attached to an aromatic ring is 2. The number of ether oxygens (including phenoxy) is 1. The Labute approximate surface area is 638 Å². The lowest BCUT2D eigenvalue weighted by Gasteiger charge is -2.04. The van der Waals surface area contributed by atoms with E-state index in [1.807, 2.05) is 18.2 Å². The number of nitro benzene ring substituents is 4. The molecule has 0 spiro atoms. The zero-order chi connectivity index (χ0) is 80.6. The molecule has 39 nitrogen and oxygen atoms in total. The Morgan fingerprint density at radius 1 is 0.345 bits per heavy atom. The van der Waals surface area contributed by atoms with Crippen LogP contribution in [0.25, 0.3) is 65.4 Å². The Balaban J connectivity index is 0.000000135. The van der Waals surface area contributed by atoms with Gasteiger partial charge in [-0.1, -0.05) is 58.4 Å². The van der Waals surface area contributed by atoms with Crippen molar-refractivity contribution in [2.75, 3.05) is 39.8 Å². The van der Waals surface area contributed by atoms with E-state index in [-0.39, 0.29) is 80.8 Å². The van der Waals surface area contributed by atoms with Gasteiger partial charge >= 0.3 is 11.9 Å². The highest BCUT2D eigenvalue weighted by atomic mass is 79.9. The van der Waals surface area contributed by atoms with E-state index >= 15 is 0 Å². The second kappa shape index (κ2) is 34.7. The lowest BCUT2D eigenvalue weighted by molar-refractivity contribution is -0.384. The number of nitrogens with one attached hydrogen (secondary N) is 10. The number of fused-ring (bicyclic) bond motifs is 6. The second-order valence-corrected chi connectivity index (χ2v) is 24.3. The molecule has 10 aromatic carbocycles. The standard InChI is InChI=1S/C15H12N4O4.C15H11N3O3.C14H9BrN4O3.C14H10N4O3.C8H7N3O2.C7H6N4O2/c1-23-11-5-2-9(3-6-11)15(20)16-14-12-8-10(19(21)22)4-7-13(12)17-18-14;19-14(9-4-2-1-3-5-9)16-13-11-8-10(15(20)21)6-7-12(11)17-18-13;15-9-3-1-2-8(6-9)14(20)16-13-11-7-10(19(21)22)4-5-12(11)17-18-13;19-14(9-4-2-1-3-5-9)15-13-11-8-10(18(20)21)6-7-12(11)16-17-13;9-7-5-3-4(8(12)13)1-2-6(5)10-11-7;8-7-5-3-4(11(12)13)1-2-6(5)9-10-7/h2-8H,1H3,(H2,16,17,18,20);1-8H,(H,20,21)(H2,16,17,18,19);1-7H,(H2,16,17,18,20);1-8H,(H2,15,16,17,19);1-3H,(H,12,13)(H3,9,10,11);1-3H,(H3,8,9,10). The number of anilines is 6. The van der Waals surface area contributed by atoms with Gasteiger partial charge in [0.2, 0.25) is 0 Å². The Kier molecular flexibility index (Phi) is 23.8. The van der Waals surface area contributed by atoms with Crippen molar-refractivity contribution in [3.8, 4) is 5.75 Å². The van der Waals surface area contributed by atoms with Gasteiger partial charge in [-0.15, -0.1) is 0 Å². The first kappa shape index (κ1) is 77.4. The van der Waals surface area contributed by atoms with Crippen molar-refractivity contribution in [3.05, 3.63) is 297 Å². The molecule has 16 rings (SSSR count). The number of carbonyl (C=O) groups is 6. The van der Waals surface area contributed by atoms with Gasteiger partial charge in [-0.05, 0) is 127 Å². The minimum Gasteiger partial charge on any atom is -0.497 e. The number of rotatable bonds is 15. The molecular formula is C73H55BrN22O17. The summed E-state index contributed by atoms with van der Waals surface area (Å²) >= 11 is 3.30. The highest BCUT2D eigenvalue weighted by Gasteiger charge is 2.20. The van der Waals surface area contributed by atoms with E-state index in [1.54, 1.807) is 127 Å². The second-order valence-electron chi connectivity index (χ2n) is 23.4. The average Bonchev–Trinajstić information content (AvgIpc) is 1.66. The number of carboxylic acid groups (broad SMARTS) is 2. The van der Waals surface area contributed by atoms with Crippen LogP contribution in [-0.2, 0) is 0 Å². The highest BCUT2D eigenvalue weighted by Crippen LogP contribution is 2.31. The normalized spacial score (nSPS) is 10.5. The molecular weight excluding hydrogens is 1540 g/mol. The summed E-state index contributed by atoms with van der Waals surface area (Å²) in [5, 5.41) is 114. The van der Waals surface area contributed by atoms with Crippen LogP contribution in [0, 0.1) is 40.5 Å². The third kappa shape index (κ3) is 18.9. The number of hydrogen-bond donors (Lipinski definition) is 14. The van der Waals surface area contributed by atoms with Crippen LogP contribution in [0.15, 0.2) is 223 Å². The summed E-state index contributed by atoms with van der Waals surface area (Å²) < 4.78 is 5.82. The highest BCUT2D eigenvalue weighted by molar-refractivity contribution is 9.10. The summed E-state index contributed by atoms with van der Waals surface area (Å²) in [5.41, 5.74) is 16.9. The van der Waals surface area contributed by atoms with Gasteiger partial charge in [-0.25, -0.2) is 9.59 Å². The van der Waals surface area contributed by atoms with E-state index in [4.69, 9.17) is 26.4 Å². The minimum absolute atomic E-state index is 0.0144. The third-order valence-corrected chi connectivity index (χ3v) is 16.6. The van der Waals surface area contributed by atoms with E-state index in [9.17, 15) is 69.2 Å². The number of aromatic nitrogens is 12. The molecule has 6 aromatic heterocycles. The maximum absolute atomic E-state index is 12.2. The van der Waals surface area contributed by atoms with Crippen LogP contribution in [0.2, 0.25) is 0 Å². The fourth-order valence-corrected chi connectivity index (χ4v) is 10.8. The van der Waals surface area contributed by atoms with E-state index in [0.717, 1.165) is 9.99 Å². The van der Waals surface area contributed by atoms with Crippen molar-refractivity contribution in [3.63, 3.8) is 0 Å². The van der Waals surface area contributed by atoms with Crippen molar-refractivity contribution in [2.45, 2.75) is 0 Å². The molecule has 0 bridgehead atoms. The summed E-state index contributed by atoms with van der Waals surface area (Å²) in [5.74, 6) is -1.04. The molecule has 566 valence electrons. The number of methoxy groups -OCH3 is 1. The van der Waals surface area contributed by atoms with Crippen LogP contribution in [0.4, 0.5) is 57.7 Å². The van der Waals surface area contributed by atoms with E-state index in [1.165, 1.54) is 79.9 Å². The zero-order valence-electron chi connectivity index (χ0n) is 57.8. The van der Waals surface area contributed by atoms with Crippen molar-refractivity contribution in [1.82, 2.24) is 61.2 Å². The van der Waals surface area contributed by atoms with E-state index < -0.39 is 31.6 Å². The van der Waals surface area contributed by atoms with E-state index in [0.29, 0.717) is 99.5 Å². The number of H-pyrrole nitrogens is 6. The maximum Gasteiger partial charge on any atom is 0.335 e. The minimum atomic E-state index is -1.03. The van der Waals surface area contributed by atoms with Crippen molar-refractivity contribution in [1.29, 1.82) is 0 Å². The molecule has 113 heavy (non-hydrogen) atoms. The molecule has 0 aliphatic carbocycles. The van der Waals surface area contributed by atoms with Gasteiger partial charge in [-0.3, -0.25) is 90.2 Å². The molecule has 6 heterocycles. The lowest BCUT2D eigenvalue weighted by Crippen LogP contribution is -2.12. The molecule has 0 radical (unpaired) electrons. The third-order valence-electron chi connectivity index (χ3n) is 16.1. The Morgan fingerprint density at radius 2 is 0.619 bits per heavy atom. The molecule has 40 heteroatoms. The van der Waals surface area contributed by atoms with Gasteiger partial charge in [0.15, 0.2) is 34.9 Å². The summed E-state index contributed by atoms with van der Waals surface area (Å²) in [6, 6.07) is 57.3. The molecule has 0 unspecified atom stereocenters. The number of amides is 4. The molecule has 0 saturated heterocycles. The van der Waals surface area contributed by atoms with Crippen molar-refractivity contribution in [2.24, 2.45) is 0 Å². The number of aromatic carboxylic acids is 2. The predicted molar refractivity (Wildman–Crippen MR) is 418 cm³/mol. The summed E-state index contributed by atoms with van der Waals surface area (Å²) in [6.45, 7) is 0. The largest absolute Gasteiger partial charge is 0.497 e. The van der Waals surface area contributed by atoms with Gasteiger partial charge in [0.05, 0.1) is 92.6 Å². The number of carboxylic acids is 2. The Morgan fingerprint density at radius 3 is 0.956 bits per heavy atom. The van der Waals surface area contributed by atoms with E-state index in [2.05, 4.69) is 98.4 Å². The zero-order valence-corrected chi connectivity index (χ0v) is 59.4. The quantitative estimate of drug-likeness (QED) is 0.0335. The van der Waals surface area contributed by atoms with Crippen LogP contribution in [-0.4, -0.2) is 134 Å². The molecule has 0 atom stereocenters. The smallest absolute Gasteiger partial charge is 0.335 e. The number of carbonyl (C=O) groups excluding carboxylic acids is 4. The van der Waals surface area contributed by atoms with Crippen LogP contribution >= 0.6 is 15.9 Å². The summed E-state index contributed by atoms with van der Waals surface area (Å²) in [4.78, 5) is 111. The van der Waals surface area contributed by atoms with Crippen LogP contribution in [0.3, 0.4) is 0 Å². The number of nitrogens with two attached hydrogens (primary N) is 2. The number of nitro groups is 4. The van der Waals surface area contributed by atoms with Crippen LogP contribution in [0.5, 0.6) is 5.75 Å². The van der Waals surface area contributed by atoms with Crippen LogP contribution in [0.1, 0.15) is 62.1 Å². The maximum atomic E-state index is 12.2. The Hall–Kier alpha value is -16.7. The fraction of sp³-hybridized carbons (Fsp3) is 0.0137. The first-order chi connectivity index (χ1) is 54.3. The van der Waals surface area contributed by atoms with Gasteiger partial charge < -0.3 is 47.7 Å². The van der Waals surface area contributed by atoms with Crippen molar-refractivity contribution < 1.29 is 63.4 Å². The SMILES string of the molecule is COc1ccc(C(=O)Nc2n[nH]c3ccc([N+](=O)[O-])cc23)cc1.Nc1n[nH]c2ccc(C(=O)O)cc12.Nc1n[nH]c2ccc([N+](=O)[O-])cc12.O=C(Nc1n[nH]c2ccc([N+](=O)[O-])cc12)c1cccc(Br)c1.O=C(Nc1n[nH]c2ccc([N+](=O)[O-])cc12)c1ccccc1.O=C(O)c1ccc2[nH]nc(NC(=O)c3ccccc3)c2c1. The number of non-ortho nitro benzene ring substituents is 4.